The van der Waals surface area contributed by atoms with Gasteiger partial charge >= 0.3 is 0 Å². The number of para-hydroxylation sites is 1. The summed E-state index contributed by atoms with van der Waals surface area (Å²) in [6.45, 7) is 1.95. The van der Waals surface area contributed by atoms with Gasteiger partial charge < -0.3 is 0 Å². The molecule has 1 aliphatic rings. The molecule has 9 nitrogen and oxygen atoms in total. The van der Waals surface area contributed by atoms with Crippen molar-refractivity contribution >= 4 is 63.7 Å². The molecule has 38 heavy (non-hydrogen) atoms. The van der Waals surface area contributed by atoms with E-state index in [1.54, 1.807) is 22.7 Å². The van der Waals surface area contributed by atoms with Gasteiger partial charge in [-0.3, -0.25) is 14.5 Å². The molecule has 1 saturated heterocycles. The molecule has 2 aromatic heterocycles. The van der Waals surface area contributed by atoms with Crippen molar-refractivity contribution in [2.45, 2.75) is 6.92 Å². The van der Waals surface area contributed by atoms with Gasteiger partial charge in [-0.15, -0.1) is 5.10 Å². The minimum absolute atomic E-state index is 0.0540. The van der Waals surface area contributed by atoms with E-state index >= 15 is 0 Å². The molecular weight excluding hydrogens is 498 g/mol. The highest BCUT2D eigenvalue weighted by Crippen LogP contribution is 2.27. The van der Waals surface area contributed by atoms with Crippen LogP contribution in [0.5, 0.6) is 0 Å². The Kier molecular flexibility index (Phi) is 5.78. The highest BCUT2D eigenvalue weighted by atomic mass is 32.1. The van der Waals surface area contributed by atoms with Crippen molar-refractivity contribution in [3.8, 4) is 0 Å². The first-order valence-electron chi connectivity index (χ1n) is 11.7. The summed E-state index contributed by atoms with van der Waals surface area (Å²) in [4.78, 5) is 28.5. The molecule has 0 N–H and O–H groups in total. The van der Waals surface area contributed by atoms with Crippen LogP contribution in [0.15, 0.2) is 95.6 Å². The minimum Gasteiger partial charge on any atom is -0.268 e. The number of tetrazole rings is 1. The first-order chi connectivity index (χ1) is 18.5. The lowest BCUT2D eigenvalue weighted by atomic mass is 10.1. The molecule has 0 unspecified atom stereocenters. The fourth-order valence-corrected chi connectivity index (χ4v) is 4.55. The van der Waals surface area contributed by atoms with E-state index in [1.165, 1.54) is 11.1 Å². The molecule has 0 bridgehead atoms. The van der Waals surface area contributed by atoms with Gasteiger partial charge in [0, 0.05) is 10.9 Å². The SMILES string of the molecule is Cc1ccc(N2C(=O)/C(=C\c3ccccc3)C(=O)N(/N=C/c3cc4ccccc4n4nnnc34)C2=S)cc1. The van der Waals surface area contributed by atoms with Crippen molar-refractivity contribution in [2.75, 3.05) is 4.90 Å². The molecule has 0 radical (unpaired) electrons. The number of aromatic nitrogens is 4. The van der Waals surface area contributed by atoms with Gasteiger partial charge in [0.15, 0.2) is 5.65 Å². The number of aryl methyl sites for hydroxylation is 1. The van der Waals surface area contributed by atoms with Crippen molar-refractivity contribution < 1.29 is 9.59 Å². The maximum Gasteiger partial charge on any atom is 0.286 e. The van der Waals surface area contributed by atoms with Gasteiger partial charge in [-0.2, -0.15) is 14.6 Å². The van der Waals surface area contributed by atoms with E-state index in [0.29, 0.717) is 22.5 Å². The van der Waals surface area contributed by atoms with E-state index in [9.17, 15) is 9.59 Å². The van der Waals surface area contributed by atoms with Crippen LogP contribution in [-0.2, 0) is 9.59 Å². The van der Waals surface area contributed by atoms with E-state index in [1.807, 2.05) is 79.7 Å². The summed E-state index contributed by atoms with van der Waals surface area (Å²) in [6.07, 6.45) is 3.03. The number of pyridine rings is 1. The van der Waals surface area contributed by atoms with Gasteiger partial charge in [-0.1, -0.05) is 66.2 Å². The summed E-state index contributed by atoms with van der Waals surface area (Å²) < 4.78 is 1.61. The number of carbonyl (C=O) groups excluding carboxylic acids is 2. The Balaban J connectivity index is 1.46. The molecule has 0 saturated carbocycles. The summed E-state index contributed by atoms with van der Waals surface area (Å²) in [7, 11) is 0. The van der Waals surface area contributed by atoms with Crippen molar-refractivity contribution in [3.05, 3.63) is 107 Å². The minimum atomic E-state index is -0.625. The Morgan fingerprint density at radius 1 is 0.895 bits per heavy atom. The average molecular weight is 518 g/mol. The van der Waals surface area contributed by atoms with Crippen LogP contribution in [0.4, 0.5) is 5.69 Å². The van der Waals surface area contributed by atoms with E-state index < -0.39 is 11.8 Å². The summed E-state index contributed by atoms with van der Waals surface area (Å²) in [5, 5.41) is 18.3. The number of anilines is 1. The number of carbonyl (C=O) groups is 2. The first kappa shape index (κ1) is 23.3. The maximum atomic E-state index is 13.6. The summed E-state index contributed by atoms with van der Waals surface area (Å²) in [6, 6.07) is 26.0. The van der Waals surface area contributed by atoms with E-state index in [-0.39, 0.29) is 10.7 Å². The molecule has 10 heteroatoms. The molecule has 184 valence electrons. The monoisotopic (exact) mass is 517 g/mol. The molecule has 3 aromatic carbocycles. The largest absolute Gasteiger partial charge is 0.286 e. The maximum absolute atomic E-state index is 13.6. The third-order valence-electron chi connectivity index (χ3n) is 6.15. The Bertz CT molecular complexity index is 1790. The van der Waals surface area contributed by atoms with Gasteiger partial charge in [0.1, 0.15) is 5.57 Å². The van der Waals surface area contributed by atoms with Crippen LogP contribution in [0.2, 0.25) is 0 Å². The van der Waals surface area contributed by atoms with Crippen LogP contribution in [0.25, 0.3) is 22.6 Å². The zero-order valence-electron chi connectivity index (χ0n) is 20.1. The van der Waals surface area contributed by atoms with E-state index in [4.69, 9.17) is 12.2 Å². The van der Waals surface area contributed by atoms with E-state index in [2.05, 4.69) is 20.6 Å². The van der Waals surface area contributed by atoms with Gasteiger partial charge in [0.05, 0.1) is 17.4 Å². The van der Waals surface area contributed by atoms with E-state index in [0.717, 1.165) is 21.5 Å². The molecule has 0 aliphatic carbocycles. The fraction of sp³-hybridized carbons (Fsp3) is 0.0357. The molecular formula is C28H19N7O2S. The van der Waals surface area contributed by atoms with Gasteiger partial charge in [0.2, 0.25) is 5.11 Å². The number of thiocarbonyl (C=S) groups is 1. The van der Waals surface area contributed by atoms with Crippen LogP contribution in [0, 0.1) is 6.92 Å². The molecule has 6 rings (SSSR count). The Morgan fingerprint density at radius 2 is 1.63 bits per heavy atom. The van der Waals surface area contributed by atoms with Crippen molar-refractivity contribution in [2.24, 2.45) is 5.10 Å². The third-order valence-corrected chi connectivity index (χ3v) is 6.50. The molecule has 5 aromatic rings. The molecule has 1 aliphatic heterocycles. The van der Waals surface area contributed by atoms with Crippen molar-refractivity contribution in [1.29, 1.82) is 0 Å². The number of nitrogens with zero attached hydrogens (tertiary/aromatic N) is 7. The highest BCUT2D eigenvalue weighted by Gasteiger charge is 2.40. The normalized spacial score (nSPS) is 15.5. The third kappa shape index (κ3) is 4.02. The number of hydrogen-bond acceptors (Lipinski definition) is 7. The predicted octanol–water partition coefficient (Wildman–Crippen LogP) is 4.16. The highest BCUT2D eigenvalue weighted by molar-refractivity contribution is 7.80. The number of hydrogen-bond donors (Lipinski definition) is 0. The molecule has 0 spiro atoms. The first-order valence-corrected chi connectivity index (χ1v) is 12.1. The predicted molar refractivity (Wildman–Crippen MR) is 148 cm³/mol. The number of amides is 2. The van der Waals surface area contributed by atoms with Crippen LogP contribution >= 0.6 is 12.2 Å². The number of benzene rings is 3. The fourth-order valence-electron chi connectivity index (χ4n) is 4.24. The average Bonchev–Trinajstić information content (AvgIpc) is 3.43. The quantitative estimate of drug-likeness (QED) is 0.154. The molecule has 1 fully saturated rings. The lowest BCUT2D eigenvalue weighted by molar-refractivity contribution is -0.127. The lowest BCUT2D eigenvalue weighted by Gasteiger charge is -2.33. The van der Waals surface area contributed by atoms with Gasteiger partial charge in [-0.25, -0.2) is 0 Å². The number of rotatable bonds is 4. The molecule has 2 amide bonds. The van der Waals surface area contributed by atoms with Gasteiger partial charge in [-0.05, 0) is 65.5 Å². The second-order valence-corrected chi connectivity index (χ2v) is 9.03. The zero-order valence-corrected chi connectivity index (χ0v) is 20.9. The molecule has 0 atom stereocenters. The second-order valence-electron chi connectivity index (χ2n) is 8.66. The van der Waals surface area contributed by atoms with Crippen LogP contribution in [0.1, 0.15) is 16.7 Å². The van der Waals surface area contributed by atoms with Crippen LogP contribution in [0.3, 0.4) is 0 Å². The standard InChI is InChI=1S/C28H19N7O2S/c1-18-11-13-22(14-12-18)33-26(36)23(15-19-7-3-2-4-8-19)27(37)35(28(33)38)29-17-21-16-20-9-5-6-10-24(20)34-25(21)30-31-32-34/h2-17H,1H3/b23-15+,29-17+. The van der Waals surface area contributed by atoms with Crippen LogP contribution < -0.4 is 4.90 Å². The second kappa shape index (κ2) is 9.41. The van der Waals surface area contributed by atoms with Crippen LogP contribution in [-0.4, -0.2) is 48.2 Å². The zero-order chi connectivity index (χ0) is 26.2. The summed E-state index contributed by atoms with van der Waals surface area (Å²) >= 11 is 5.63. The number of hydrazone groups is 1. The van der Waals surface area contributed by atoms with Crippen molar-refractivity contribution in [3.63, 3.8) is 0 Å². The number of fused-ring (bicyclic) bond motifs is 3. The Labute approximate surface area is 222 Å². The Morgan fingerprint density at radius 3 is 2.42 bits per heavy atom. The van der Waals surface area contributed by atoms with Crippen molar-refractivity contribution in [1.82, 2.24) is 25.0 Å². The Hall–Kier alpha value is -5.09. The summed E-state index contributed by atoms with van der Waals surface area (Å²) in [5.74, 6) is -1.14. The topological polar surface area (TPSA) is 96.1 Å². The smallest absolute Gasteiger partial charge is 0.268 e. The summed E-state index contributed by atoms with van der Waals surface area (Å²) in [5.41, 5.74) is 4.08. The molecule has 3 heterocycles. The van der Waals surface area contributed by atoms with Gasteiger partial charge in [0.25, 0.3) is 11.8 Å². The lowest BCUT2D eigenvalue weighted by Crippen LogP contribution is -2.54.